The maximum Gasteiger partial charge on any atom is 0.264 e. The molecule has 0 atom stereocenters. The quantitative estimate of drug-likeness (QED) is 0.160. The predicted octanol–water partition coefficient (Wildman–Crippen LogP) is 16.9. The van der Waals surface area contributed by atoms with Gasteiger partial charge < -0.3 is 19.3 Å². The Hall–Kier alpha value is -7.02. The van der Waals surface area contributed by atoms with E-state index in [9.17, 15) is 0 Å². The maximum atomic E-state index is 2.64. The highest BCUT2D eigenvalue weighted by molar-refractivity contribution is 7.33. The zero-order chi connectivity index (χ0) is 50.3. The zero-order valence-electron chi connectivity index (χ0n) is 44.3. The third-order valence-corrected chi connectivity index (χ3v) is 16.8. The van der Waals surface area contributed by atoms with Crippen LogP contribution in [0.15, 0.2) is 158 Å². The molecule has 12 rings (SSSR count). The van der Waals surface area contributed by atoms with Crippen molar-refractivity contribution in [1.82, 2.24) is 4.57 Å². The molecule has 4 heterocycles. The van der Waals surface area contributed by atoms with Crippen LogP contribution < -0.4 is 30.4 Å². The highest BCUT2D eigenvalue weighted by atomic mass is 32.1. The van der Waals surface area contributed by atoms with Crippen molar-refractivity contribution >= 4 is 117 Å². The number of benzene rings is 8. The molecule has 0 aliphatic carbocycles. The first kappa shape index (κ1) is 46.1. The first-order valence-corrected chi connectivity index (χ1v) is 26.6. The van der Waals surface area contributed by atoms with Crippen molar-refractivity contribution in [3.63, 3.8) is 0 Å². The molecular weight excluding hydrogens is 892 g/mol. The van der Waals surface area contributed by atoms with Crippen LogP contribution in [0.3, 0.4) is 0 Å². The van der Waals surface area contributed by atoms with Crippen molar-refractivity contribution in [2.24, 2.45) is 7.05 Å². The molecule has 0 bridgehead atoms. The van der Waals surface area contributed by atoms with E-state index < -0.39 is 0 Å². The van der Waals surface area contributed by atoms with Crippen molar-refractivity contribution < 1.29 is 0 Å². The lowest BCUT2D eigenvalue weighted by Crippen LogP contribution is -2.60. The number of anilines is 9. The van der Waals surface area contributed by atoms with Crippen LogP contribution in [0, 0.1) is 20.8 Å². The highest BCUT2D eigenvalue weighted by Crippen LogP contribution is 2.54. The normalized spacial score (nSPS) is 13.5. The Morgan fingerprint density at radius 3 is 1.50 bits per heavy atom. The number of rotatable bonds is 5. The van der Waals surface area contributed by atoms with Crippen LogP contribution in [0.5, 0.6) is 0 Å². The van der Waals surface area contributed by atoms with Gasteiger partial charge in [-0.05, 0) is 149 Å². The fourth-order valence-electron chi connectivity index (χ4n) is 11.6. The molecule has 8 aromatic carbocycles. The van der Waals surface area contributed by atoms with E-state index in [1.165, 1.54) is 115 Å². The second kappa shape index (κ2) is 16.2. The van der Waals surface area contributed by atoms with Crippen LogP contribution in [-0.4, -0.2) is 11.3 Å². The molecule has 0 saturated carbocycles. The van der Waals surface area contributed by atoms with Crippen LogP contribution in [0.2, 0.25) is 0 Å². The van der Waals surface area contributed by atoms with E-state index in [4.69, 9.17) is 0 Å². The van der Waals surface area contributed by atoms with Crippen molar-refractivity contribution in [2.45, 2.75) is 99.3 Å². The van der Waals surface area contributed by atoms with Gasteiger partial charge in [-0.3, -0.25) is 0 Å². The summed E-state index contributed by atoms with van der Waals surface area (Å²) in [6.45, 7) is 27.5. The van der Waals surface area contributed by atoms with Gasteiger partial charge in [-0.15, -0.1) is 11.3 Å². The van der Waals surface area contributed by atoms with Gasteiger partial charge in [0.25, 0.3) is 6.71 Å². The number of hydrogen-bond donors (Lipinski definition) is 0. The third kappa shape index (κ3) is 7.23. The van der Waals surface area contributed by atoms with E-state index in [0.29, 0.717) is 0 Å². The van der Waals surface area contributed by atoms with Crippen molar-refractivity contribution in [2.75, 3.05) is 14.7 Å². The van der Waals surface area contributed by atoms with E-state index in [0.717, 1.165) is 17.1 Å². The summed E-state index contributed by atoms with van der Waals surface area (Å²) in [4.78, 5) is 7.83. The summed E-state index contributed by atoms with van der Waals surface area (Å²) in [7, 11) is 2.27. The van der Waals surface area contributed by atoms with Gasteiger partial charge in [0.1, 0.15) is 0 Å². The summed E-state index contributed by atoms with van der Waals surface area (Å²) in [6, 6.07) is 61.0. The molecule has 10 aromatic rings. The molecule has 0 spiro atoms. The predicted molar refractivity (Wildman–Crippen MR) is 315 cm³/mol. The zero-order valence-corrected chi connectivity index (χ0v) is 45.1. The standard InChI is InChI=1S/C66H65BN4S/c1-40-18-27-46(28-19-40)69(47-29-20-41(2)21-30-47)62-59-51(50-16-14-15-17-54(50)68(59)13)39-53-61(62)71(49-33-24-44(25-34-49)65(7,8)9)56-37-42(3)36-55-58(56)67(53)63-60(52-38-45(66(10,11)12)26-35-57(52)72-63)70(55)48-31-22-43(23-32-48)64(4,5)6/h14-39H,1-13H3. The number of aryl methyl sites for hydroxylation is 4. The van der Waals surface area contributed by atoms with Crippen LogP contribution in [0.4, 0.5) is 51.2 Å². The van der Waals surface area contributed by atoms with Gasteiger partial charge in [-0.1, -0.05) is 152 Å². The molecule has 0 radical (unpaired) electrons. The lowest BCUT2D eigenvalue weighted by Gasteiger charge is -2.45. The largest absolute Gasteiger partial charge is 0.342 e. The van der Waals surface area contributed by atoms with Gasteiger partial charge in [-0.2, -0.15) is 0 Å². The molecule has 72 heavy (non-hydrogen) atoms. The van der Waals surface area contributed by atoms with Crippen LogP contribution >= 0.6 is 11.3 Å². The molecule has 4 nitrogen and oxygen atoms in total. The van der Waals surface area contributed by atoms with Crippen molar-refractivity contribution in [3.05, 3.63) is 191 Å². The first-order chi connectivity index (χ1) is 34.3. The summed E-state index contributed by atoms with van der Waals surface area (Å²) in [5.74, 6) is 0. The SMILES string of the molecule is Cc1ccc(N(c2ccc(C)cc2)c2c3c(cc4c5ccccc5n(C)c24)B2c4sc5ccc(C(C)(C)C)cc5c4N(c4ccc(C(C)(C)C)cc4)c4cc(C)cc(c42)N3c2ccc(C(C)(C)C)cc2)cc1. The summed E-state index contributed by atoms with van der Waals surface area (Å²) in [6.07, 6.45) is 0. The minimum absolute atomic E-state index is 0.00639. The van der Waals surface area contributed by atoms with Crippen molar-refractivity contribution in [3.8, 4) is 0 Å². The lowest BCUT2D eigenvalue weighted by molar-refractivity contribution is 0.590. The topological polar surface area (TPSA) is 14.7 Å². The number of thiophene rings is 1. The smallest absolute Gasteiger partial charge is 0.264 e. The minimum Gasteiger partial charge on any atom is -0.342 e. The highest BCUT2D eigenvalue weighted by Gasteiger charge is 2.48. The van der Waals surface area contributed by atoms with E-state index in [1.54, 1.807) is 0 Å². The van der Waals surface area contributed by atoms with Gasteiger partial charge in [-0.25, -0.2) is 0 Å². The Morgan fingerprint density at radius 1 is 0.472 bits per heavy atom. The molecule has 0 N–H and O–H groups in total. The summed E-state index contributed by atoms with van der Waals surface area (Å²) >= 11 is 1.98. The Bertz CT molecular complexity index is 3740. The van der Waals surface area contributed by atoms with Gasteiger partial charge in [0.2, 0.25) is 0 Å². The molecule has 2 aliphatic rings. The summed E-state index contributed by atoms with van der Waals surface area (Å²) in [5, 5.41) is 3.82. The molecule has 0 unspecified atom stereocenters. The van der Waals surface area contributed by atoms with Crippen LogP contribution in [0.25, 0.3) is 31.9 Å². The van der Waals surface area contributed by atoms with Gasteiger partial charge in [0, 0.05) is 72.3 Å². The number of fused-ring (bicyclic) bond motifs is 9. The third-order valence-electron chi connectivity index (χ3n) is 15.6. The van der Waals surface area contributed by atoms with E-state index in [-0.39, 0.29) is 23.0 Å². The van der Waals surface area contributed by atoms with Gasteiger partial charge in [0.15, 0.2) is 0 Å². The number of para-hydroxylation sites is 1. The molecular formula is C66H65BN4S. The lowest BCUT2D eigenvalue weighted by atomic mass is 9.36. The average Bonchev–Trinajstić information content (AvgIpc) is 3.86. The molecule has 0 saturated heterocycles. The van der Waals surface area contributed by atoms with Gasteiger partial charge in [0.05, 0.1) is 22.6 Å². The minimum atomic E-state index is -0.0775. The Morgan fingerprint density at radius 2 is 0.972 bits per heavy atom. The monoisotopic (exact) mass is 957 g/mol. The average molecular weight is 957 g/mol. The molecule has 0 amide bonds. The first-order valence-electron chi connectivity index (χ1n) is 25.8. The Kier molecular flexibility index (Phi) is 10.4. The summed E-state index contributed by atoms with van der Waals surface area (Å²) < 4.78 is 5.14. The van der Waals surface area contributed by atoms with Crippen molar-refractivity contribution in [1.29, 1.82) is 0 Å². The van der Waals surface area contributed by atoms with E-state index in [2.05, 4.69) is 267 Å². The van der Waals surface area contributed by atoms with Crippen LogP contribution in [0.1, 0.15) is 95.7 Å². The number of nitrogens with zero attached hydrogens (tertiary/aromatic N) is 4. The molecule has 6 heteroatoms. The second-order valence-corrected chi connectivity index (χ2v) is 24.9. The molecule has 2 aromatic heterocycles. The van der Waals surface area contributed by atoms with Crippen LogP contribution in [-0.2, 0) is 23.3 Å². The molecule has 2 aliphatic heterocycles. The van der Waals surface area contributed by atoms with E-state index >= 15 is 0 Å². The van der Waals surface area contributed by atoms with Gasteiger partial charge >= 0.3 is 0 Å². The molecule has 0 fully saturated rings. The van der Waals surface area contributed by atoms with E-state index in [1.807, 2.05) is 11.3 Å². The Labute approximate surface area is 431 Å². The second-order valence-electron chi connectivity index (χ2n) is 23.8. The Balaban J connectivity index is 1.28. The fourth-order valence-corrected chi connectivity index (χ4v) is 12.9. The fraction of sp³-hybridized carbons (Fsp3) is 0.242. The maximum absolute atomic E-state index is 2.64. The number of hydrogen-bond acceptors (Lipinski definition) is 4. The molecule has 358 valence electrons. The summed E-state index contributed by atoms with van der Waals surface area (Å²) in [5.41, 5.74) is 23.4. The number of aromatic nitrogens is 1.